The Bertz CT molecular complexity index is 230. The standard InChI is InChI=1S/C17H34O/c1-12(2)13(3)14(4)18-16-10-8-15(9-11-16)17(5,6)7/h12-16H,8-11H2,1-7H3/t13-,14?,15?,16?/m0/s1. The molecule has 0 amide bonds. The van der Waals surface area contributed by atoms with E-state index in [-0.39, 0.29) is 0 Å². The quantitative estimate of drug-likeness (QED) is 0.662. The van der Waals surface area contributed by atoms with Crippen LogP contribution in [0.15, 0.2) is 0 Å². The van der Waals surface area contributed by atoms with Crippen molar-refractivity contribution in [3.63, 3.8) is 0 Å². The fourth-order valence-electron chi connectivity index (χ4n) is 3.03. The molecule has 1 unspecified atom stereocenters. The molecule has 1 nitrogen and oxygen atoms in total. The Kier molecular flexibility index (Phi) is 5.70. The molecule has 0 aliphatic heterocycles. The minimum atomic E-state index is 0.404. The van der Waals surface area contributed by atoms with Gasteiger partial charge in [0.05, 0.1) is 12.2 Å². The van der Waals surface area contributed by atoms with Crippen LogP contribution in [0.1, 0.15) is 74.1 Å². The van der Waals surface area contributed by atoms with Gasteiger partial charge in [-0.05, 0) is 55.8 Å². The average molecular weight is 254 g/mol. The molecule has 1 rings (SSSR count). The summed E-state index contributed by atoms with van der Waals surface area (Å²) in [6.07, 6.45) is 6.13. The van der Waals surface area contributed by atoms with Crippen LogP contribution in [-0.2, 0) is 4.74 Å². The predicted octanol–water partition coefficient (Wildman–Crippen LogP) is 5.29. The van der Waals surface area contributed by atoms with Crippen LogP contribution in [0.4, 0.5) is 0 Å². The number of rotatable bonds is 4. The largest absolute Gasteiger partial charge is 0.375 e. The minimum Gasteiger partial charge on any atom is -0.375 e. The normalized spacial score (nSPS) is 29.3. The van der Waals surface area contributed by atoms with Crippen molar-refractivity contribution in [2.45, 2.75) is 86.4 Å². The molecule has 0 heterocycles. The zero-order valence-electron chi connectivity index (χ0n) is 13.6. The average Bonchev–Trinajstić information content (AvgIpc) is 2.27. The van der Waals surface area contributed by atoms with Crippen molar-refractivity contribution in [3.8, 4) is 0 Å². The first-order chi connectivity index (χ1) is 8.21. The predicted molar refractivity (Wildman–Crippen MR) is 79.8 cm³/mol. The Labute approximate surface area is 115 Å². The molecule has 1 aliphatic carbocycles. The molecule has 1 heteroatoms. The van der Waals surface area contributed by atoms with E-state index in [0.717, 1.165) is 5.92 Å². The van der Waals surface area contributed by atoms with Gasteiger partial charge < -0.3 is 4.74 Å². The van der Waals surface area contributed by atoms with Crippen LogP contribution in [-0.4, -0.2) is 12.2 Å². The SMILES string of the molecule is CC(C)[C@H](C)C(C)OC1CCC(C(C)(C)C)CC1. The van der Waals surface area contributed by atoms with Gasteiger partial charge in [0.15, 0.2) is 0 Å². The van der Waals surface area contributed by atoms with Gasteiger partial charge in [0.25, 0.3) is 0 Å². The highest BCUT2D eigenvalue weighted by Crippen LogP contribution is 2.39. The summed E-state index contributed by atoms with van der Waals surface area (Å²) in [5, 5.41) is 0. The highest BCUT2D eigenvalue weighted by molar-refractivity contribution is 4.81. The van der Waals surface area contributed by atoms with Gasteiger partial charge in [-0.15, -0.1) is 0 Å². The Balaban J connectivity index is 2.36. The Hall–Kier alpha value is -0.0400. The van der Waals surface area contributed by atoms with Crippen LogP contribution in [0.25, 0.3) is 0 Å². The summed E-state index contributed by atoms with van der Waals surface area (Å²) in [6.45, 7) is 16.3. The molecule has 2 atom stereocenters. The van der Waals surface area contributed by atoms with E-state index in [2.05, 4.69) is 48.5 Å². The van der Waals surface area contributed by atoms with E-state index in [1.54, 1.807) is 0 Å². The van der Waals surface area contributed by atoms with Gasteiger partial charge in [0.2, 0.25) is 0 Å². The molecule has 0 aromatic heterocycles. The van der Waals surface area contributed by atoms with Crippen molar-refractivity contribution in [1.82, 2.24) is 0 Å². The molecular weight excluding hydrogens is 220 g/mol. The summed E-state index contributed by atoms with van der Waals surface area (Å²) < 4.78 is 6.28. The van der Waals surface area contributed by atoms with Gasteiger partial charge in [-0.2, -0.15) is 0 Å². The third kappa shape index (κ3) is 4.57. The van der Waals surface area contributed by atoms with Crippen LogP contribution in [0.2, 0.25) is 0 Å². The lowest BCUT2D eigenvalue weighted by Gasteiger charge is -2.38. The van der Waals surface area contributed by atoms with Crippen LogP contribution in [0.5, 0.6) is 0 Å². The van der Waals surface area contributed by atoms with Crippen LogP contribution < -0.4 is 0 Å². The molecule has 0 N–H and O–H groups in total. The van der Waals surface area contributed by atoms with Gasteiger partial charge in [-0.1, -0.05) is 41.5 Å². The number of hydrogen-bond acceptors (Lipinski definition) is 1. The summed E-state index contributed by atoms with van der Waals surface area (Å²) in [4.78, 5) is 0. The fourth-order valence-corrected chi connectivity index (χ4v) is 3.03. The maximum Gasteiger partial charge on any atom is 0.0579 e. The molecule has 0 bridgehead atoms. The molecule has 1 saturated carbocycles. The first-order valence-corrected chi connectivity index (χ1v) is 7.87. The van der Waals surface area contributed by atoms with Gasteiger partial charge >= 0.3 is 0 Å². The molecule has 18 heavy (non-hydrogen) atoms. The van der Waals surface area contributed by atoms with E-state index in [0.29, 0.717) is 29.5 Å². The second kappa shape index (κ2) is 6.41. The Morgan fingerprint density at radius 2 is 1.39 bits per heavy atom. The molecule has 1 aliphatic rings. The van der Waals surface area contributed by atoms with E-state index >= 15 is 0 Å². The maximum absolute atomic E-state index is 6.28. The summed E-state index contributed by atoms with van der Waals surface area (Å²) in [5.41, 5.74) is 0.474. The molecule has 0 aromatic rings. The van der Waals surface area contributed by atoms with Crippen LogP contribution in [0.3, 0.4) is 0 Å². The van der Waals surface area contributed by atoms with Gasteiger partial charge in [-0.25, -0.2) is 0 Å². The molecule has 108 valence electrons. The van der Waals surface area contributed by atoms with E-state index < -0.39 is 0 Å². The summed E-state index contributed by atoms with van der Waals surface area (Å²) >= 11 is 0. The van der Waals surface area contributed by atoms with Crippen molar-refractivity contribution < 1.29 is 4.74 Å². The molecule has 0 aromatic carbocycles. The third-order valence-corrected chi connectivity index (χ3v) is 5.10. The van der Waals surface area contributed by atoms with E-state index in [1.807, 2.05) is 0 Å². The monoisotopic (exact) mass is 254 g/mol. The van der Waals surface area contributed by atoms with Crippen molar-refractivity contribution in [3.05, 3.63) is 0 Å². The van der Waals surface area contributed by atoms with Crippen molar-refractivity contribution >= 4 is 0 Å². The number of ether oxygens (including phenoxy) is 1. The van der Waals surface area contributed by atoms with Gasteiger partial charge in [0.1, 0.15) is 0 Å². The van der Waals surface area contributed by atoms with Crippen molar-refractivity contribution in [2.24, 2.45) is 23.2 Å². The highest BCUT2D eigenvalue weighted by atomic mass is 16.5. The Morgan fingerprint density at radius 1 is 0.889 bits per heavy atom. The lowest BCUT2D eigenvalue weighted by Crippen LogP contribution is -2.33. The van der Waals surface area contributed by atoms with E-state index in [9.17, 15) is 0 Å². The minimum absolute atomic E-state index is 0.404. The molecular formula is C17H34O. The highest BCUT2D eigenvalue weighted by Gasteiger charge is 2.31. The van der Waals surface area contributed by atoms with Gasteiger partial charge in [0, 0.05) is 0 Å². The zero-order chi connectivity index (χ0) is 13.9. The molecule has 1 fully saturated rings. The van der Waals surface area contributed by atoms with Crippen molar-refractivity contribution in [1.29, 1.82) is 0 Å². The topological polar surface area (TPSA) is 9.23 Å². The molecule has 0 radical (unpaired) electrons. The fraction of sp³-hybridized carbons (Fsp3) is 1.00. The second-order valence-electron chi connectivity index (χ2n) is 7.78. The summed E-state index contributed by atoms with van der Waals surface area (Å²) in [7, 11) is 0. The number of hydrogen-bond donors (Lipinski definition) is 0. The zero-order valence-corrected chi connectivity index (χ0v) is 13.6. The Morgan fingerprint density at radius 3 is 1.78 bits per heavy atom. The van der Waals surface area contributed by atoms with Crippen molar-refractivity contribution in [2.75, 3.05) is 0 Å². The molecule has 0 spiro atoms. The summed E-state index contributed by atoms with van der Waals surface area (Å²) in [5.74, 6) is 2.26. The first kappa shape index (κ1) is 16.0. The lowest BCUT2D eigenvalue weighted by molar-refractivity contribution is -0.0642. The third-order valence-electron chi connectivity index (χ3n) is 5.10. The van der Waals surface area contributed by atoms with E-state index in [1.165, 1.54) is 25.7 Å². The maximum atomic E-state index is 6.28. The van der Waals surface area contributed by atoms with Crippen LogP contribution >= 0.6 is 0 Å². The molecule has 0 saturated heterocycles. The van der Waals surface area contributed by atoms with Crippen LogP contribution in [0, 0.1) is 23.2 Å². The summed E-state index contributed by atoms with van der Waals surface area (Å²) in [6, 6.07) is 0. The van der Waals surface area contributed by atoms with Gasteiger partial charge in [-0.3, -0.25) is 0 Å². The first-order valence-electron chi connectivity index (χ1n) is 7.87. The lowest BCUT2D eigenvalue weighted by atomic mass is 9.72. The smallest absolute Gasteiger partial charge is 0.0579 e. The van der Waals surface area contributed by atoms with E-state index in [4.69, 9.17) is 4.74 Å². The second-order valence-corrected chi connectivity index (χ2v) is 7.78.